The molecule has 2 aliphatic rings. The van der Waals surface area contributed by atoms with Crippen LogP contribution in [0, 0.1) is 17.2 Å². The van der Waals surface area contributed by atoms with Crippen LogP contribution in [-0.2, 0) is 16.1 Å². The van der Waals surface area contributed by atoms with E-state index < -0.39 is 0 Å². The zero-order valence-electron chi connectivity index (χ0n) is 19.7. The number of carbonyl (C=O) groups excluding carboxylic acids is 2. The Morgan fingerprint density at radius 3 is 2.21 bits per heavy atom. The number of amides is 2. The highest BCUT2D eigenvalue weighted by Crippen LogP contribution is 2.30. The second kappa shape index (κ2) is 11.1. The van der Waals surface area contributed by atoms with Crippen molar-refractivity contribution in [1.82, 2.24) is 9.80 Å². The highest BCUT2D eigenvalue weighted by atomic mass is 16.5. The maximum absolute atomic E-state index is 13.7. The molecule has 178 valence electrons. The fourth-order valence-electron chi connectivity index (χ4n) is 5.01. The van der Waals surface area contributed by atoms with E-state index in [1.807, 2.05) is 52.3 Å². The first-order chi connectivity index (χ1) is 16.6. The molecule has 2 aromatic rings. The average molecular weight is 461 g/mol. The van der Waals surface area contributed by atoms with E-state index in [0.717, 1.165) is 50.0 Å². The summed E-state index contributed by atoms with van der Waals surface area (Å²) in [6.07, 6.45) is 3.12. The van der Waals surface area contributed by atoms with Gasteiger partial charge in [-0.25, -0.2) is 4.79 Å². The standard InChI is InChI=1S/C27H32N4O3/c1-34-26(32)23-9-13-25(14-10-23)31(20-22-5-3-2-4-6-22)27(33)30-17-15-29(16-18-30)24-11-7-21(19-28)8-12-24/h2-8,11-12,23,25H,9-10,13-18,20H2,1H3/t23-,25-. The van der Waals surface area contributed by atoms with Gasteiger partial charge in [-0.1, -0.05) is 30.3 Å². The quantitative estimate of drug-likeness (QED) is 0.630. The predicted octanol–water partition coefficient (Wildman–Crippen LogP) is 4.03. The summed E-state index contributed by atoms with van der Waals surface area (Å²) in [5.41, 5.74) is 2.84. The summed E-state index contributed by atoms with van der Waals surface area (Å²) in [6, 6.07) is 20.1. The Morgan fingerprint density at radius 2 is 1.62 bits per heavy atom. The minimum absolute atomic E-state index is 0.0640. The molecule has 2 fully saturated rings. The van der Waals surface area contributed by atoms with Gasteiger partial charge in [-0.3, -0.25) is 4.79 Å². The summed E-state index contributed by atoms with van der Waals surface area (Å²) in [4.78, 5) is 31.9. The Morgan fingerprint density at radius 1 is 0.971 bits per heavy atom. The number of nitrogens with zero attached hydrogens (tertiary/aromatic N) is 4. The predicted molar refractivity (Wildman–Crippen MR) is 130 cm³/mol. The molecule has 0 spiro atoms. The third-order valence-electron chi connectivity index (χ3n) is 7.03. The van der Waals surface area contributed by atoms with E-state index in [1.165, 1.54) is 7.11 Å². The largest absolute Gasteiger partial charge is 0.469 e. The number of benzene rings is 2. The summed E-state index contributed by atoms with van der Waals surface area (Å²) >= 11 is 0. The molecule has 0 aromatic heterocycles. The van der Waals surface area contributed by atoms with Gasteiger partial charge in [-0.15, -0.1) is 0 Å². The molecule has 1 saturated heterocycles. The maximum Gasteiger partial charge on any atom is 0.320 e. The van der Waals surface area contributed by atoms with Crippen molar-refractivity contribution >= 4 is 17.7 Å². The second-order valence-corrected chi connectivity index (χ2v) is 9.06. The molecule has 7 heteroatoms. The van der Waals surface area contributed by atoms with E-state index in [2.05, 4.69) is 23.1 Å². The molecule has 2 aromatic carbocycles. The van der Waals surface area contributed by atoms with E-state index >= 15 is 0 Å². The normalized spacial score (nSPS) is 20.4. The molecule has 0 unspecified atom stereocenters. The molecular formula is C27H32N4O3. The Bertz CT molecular complexity index is 1000. The molecule has 7 nitrogen and oxygen atoms in total. The van der Waals surface area contributed by atoms with Gasteiger partial charge in [-0.2, -0.15) is 5.26 Å². The SMILES string of the molecule is COC(=O)[C@H]1CC[C@H](N(Cc2ccccc2)C(=O)N2CCN(c3ccc(C#N)cc3)CC2)CC1. The van der Waals surface area contributed by atoms with Gasteiger partial charge in [0.2, 0.25) is 0 Å². The van der Waals surface area contributed by atoms with E-state index in [0.29, 0.717) is 25.2 Å². The van der Waals surface area contributed by atoms with Crippen LogP contribution >= 0.6 is 0 Å². The smallest absolute Gasteiger partial charge is 0.320 e. The number of hydrogen-bond acceptors (Lipinski definition) is 5. The van der Waals surface area contributed by atoms with Crippen molar-refractivity contribution in [2.75, 3.05) is 38.2 Å². The van der Waals surface area contributed by atoms with Gasteiger partial charge in [0.05, 0.1) is 24.7 Å². The lowest BCUT2D eigenvalue weighted by Crippen LogP contribution is -2.55. The van der Waals surface area contributed by atoms with Crippen LogP contribution in [0.15, 0.2) is 54.6 Å². The lowest BCUT2D eigenvalue weighted by molar-refractivity contribution is -0.146. The lowest BCUT2D eigenvalue weighted by Gasteiger charge is -2.42. The van der Waals surface area contributed by atoms with Gasteiger partial charge in [0.25, 0.3) is 0 Å². The van der Waals surface area contributed by atoms with Crippen molar-refractivity contribution in [3.05, 3.63) is 65.7 Å². The monoisotopic (exact) mass is 460 g/mol. The van der Waals surface area contributed by atoms with Gasteiger partial charge in [0.1, 0.15) is 0 Å². The summed E-state index contributed by atoms with van der Waals surface area (Å²) in [7, 11) is 1.44. The Labute approximate surface area is 201 Å². The molecule has 4 rings (SSSR count). The molecule has 1 aliphatic carbocycles. The molecule has 0 atom stereocenters. The summed E-state index contributed by atoms with van der Waals surface area (Å²) in [6.45, 7) is 3.39. The first kappa shape index (κ1) is 23.6. The van der Waals surface area contributed by atoms with Crippen molar-refractivity contribution in [1.29, 1.82) is 5.26 Å². The van der Waals surface area contributed by atoms with Crippen LogP contribution < -0.4 is 4.90 Å². The van der Waals surface area contributed by atoms with Crippen LogP contribution in [0.2, 0.25) is 0 Å². The summed E-state index contributed by atoms with van der Waals surface area (Å²) in [5, 5.41) is 9.02. The van der Waals surface area contributed by atoms with Crippen molar-refractivity contribution in [3.8, 4) is 6.07 Å². The van der Waals surface area contributed by atoms with Crippen molar-refractivity contribution in [2.45, 2.75) is 38.3 Å². The molecule has 34 heavy (non-hydrogen) atoms. The number of ether oxygens (including phenoxy) is 1. The maximum atomic E-state index is 13.7. The Hall–Kier alpha value is -3.53. The van der Waals surface area contributed by atoms with Crippen molar-refractivity contribution < 1.29 is 14.3 Å². The van der Waals surface area contributed by atoms with Gasteiger partial charge >= 0.3 is 12.0 Å². The summed E-state index contributed by atoms with van der Waals surface area (Å²) < 4.78 is 4.93. The number of anilines is 1. The van der Waals surface area contributed by atoms with Gasteiger partial charge in [0.15, 0.2) is 0 Å². The molecule has 2 amide bonds. The number of rotatable bonds is 5. The fraction of sp³-hybridized carbons (Fsp3) is 0.444. The first-order valence-electron chi connectivity index (χ1n) is 12.0. The molecule has 1 saturated carbocycles. The molecule has 1 heterocycles. The highest BCUT2D eigenvalue weighted by Gasteiger charge is 2.34. The number of esters is 1. The van der Waals surface area contributed by atoms with Crippen LogP contribution in [0.1, 0.15) is 36.8 Å². The van der Waals surface area contributed by atoms with Crippen LogP contribution in [0.25, 0.3) is 0 Å². The Kier molecular flexibility index (Phi) is 7.69. The van der Waals surface area contributed by atoms with Crippen LogP contribution in [0.4, 0.5) is 10.5 Å². The van der Waals surface area contributed by atoms with Crippen LogP contribution in [0.5, 0.6) is 0 Å². The zero-order valence-corrected chi connectivity index (χ0v) is 19.7. The van der Waals surface area contributed by atoms with Gasteiger partial charge < -0.3 is 19.4 Å². The minimum Gasteiger partial charge on any atom is -0.469 e. The third kappa shape index (κ3) is 5.51. The molecular weight excluding hydrogens is 428 g/mol. The van der Waals surface area contributed by atoms with Crippen molar-refractivity contribution in [3.63, 3.8) is 0 Å². The van der Waals surface area contributed by atoms with Gasteiger partial charge in [0, 0.05) is 44.5 Å². The number of piperazine rings is 1. The number of methoxy groups -OCH3 is 1. The van der Waals surface area contributed by atoms with E-state index in [-0.39, 0.29) is 24.0 Å². The fourth-order valence-corrected chi connectivity index (χ4v) is 5.01. The zero-order chi connectivity index (χ0) is 23.9. The topological polar surface area (TPSA) is 76.9 Å². The average Bonchev–Trinajstić information content (AvgIpc) is 2.92. The van der Waals surface area contributed by atoms with Gasteiger partial charge in [-0.05, 0) is 55.5 Å². The number of urea groups is 1. The van der Waals surface area contributed by atoms with E-state index in [9.17, 15) is 9.59 Å². The highest BCUT2D eigenvalue weighted by molar-refractivity contribution is 5.76. The summed E-state index contributed by atoms with van der Waals surface area (Å²) in [5.74, 6) is -0.204. The van der Waals surface area contributed by atoms with Crippen LogP contribution in [0.3, 0.4) is 0 Å². The molecule has 0 bridgehead atoms. The molecule has 0 radical (unpaired) electrons. The minimum atomic E-state index is -0.140. The lowest BCUT2D eigenvalue weighted by atomic mass is 9.85. The molecule has 0 N–H and O–H groups in total. The van der Waals surface area contributed by atoms with E-state index in [4.69, 9.17) is 10.00 Å². The third-order valence-corrected chi connectivity index (χ3v) is 7.03. The number of carbonyl (C=O) groups is 2. The number of hydrogen-bond donors (Lipinski definition) is 0. The number of nitriles is 1. The first-order valence-corrected chi connectivity index (χ1v) is 12.0. The van der Waals surface area contributed by atoms with E-state index in [1.54, 1.807) is 0 Å². The second-order valence-electron chi connectivity index (χ2n) is 9.06. The molecule has 1 aliphatic heterocycles. The van der Waals surface area contributed by atoms with Crippen molar-refractivity contribution in [2.24, 2.45) is 5.92 Å². The van der Waals surface area contributed by atoms with Crippen LogP contribution in [-0.4, -0.2) is 61.1 Å². The Balaban J connectivity index is 1.42.